The lowest BCUT2D eigenvalue weighted by molar-refractivity contribution is 0.373. The minimum absolute atomic E-state index is 0.0975. The maximum absolute atomic E-state index is 9.64. The van der Waals surface area contributed by atoms with Crippen molar-refractivity contribution < 1.29 is 9.84 Å². The Morgan fingerprint density at radius 2 is 2.00 bits per heavy atom. The van der Waals surface area contributed by atoms with Crippen LogP contribution in [-0.4, -0.2) is 22.2 Å². The molecule has 0 saturated carbocycles. The van der Waals surface area contributed by atoms with Gasteiger partial charge in [-0.1, -0.05) is 11.6 Å². The highest BCUT2D eigenvalue weighted by Gasteiger charge is 2.17. The average Bonchev–Trinajstić information content (AvgIpc) is 2.47. The van der Waals surface area contributed by atoms with Crippen LogP contribution in [0, 0.1) is 0 Å². The van der Waals surface area contributed by atoms with Gasteiger partial charge < -0.3 is 9.84 Å². The van der Waals surface area contributed by atoms with E-state index in [4.69, 9.17) is 16.3 Å². The summed E-state index contributed by atoms with van der Waals surface area (Å²) in [7, 11) is 1.51. The smallest absolute Gasteiger partial charge is 0.161 e. The number of nitrogens with zero attached hydrogens (tertiary/aromatic N) is 2. The molecule has 0 bridgehead atoms. The van der Waals surface area contributed by atoms with Gasteiger partial charge in [0.15, 0.2) is 17.3 Å². The molecule has 1 aliphatic carbocycles. The third kappa shape index (κ3) is 2.31. The molecule has 0 aliphatic heterocycles. The standard InChI is InChI=1S/C15H15ClN2O2/c1-20-13-8-9(6-7-12(13)19)15-17-11-5-3-2-4-10(11)14(16)18-15/h6-8,19H,2-5H2,1H3. The van der Waals surface area contributed by atoms with Crippen molar-refractivity contribution in [2.24, 2.45) is 0 Å². The van der Waals surface area contributed by atoms with E-state index in [-0.39, 0.29) is 5.75 Å². The van der Waals surface area contributed by atoms with Gasteiger partial charge in [-0.15, -0.1) is 0 Å². The van der Waals surface area contributed by atoms with Crippen molar-refractivity contribution in [1.29, 1.82) is 0 Å². The van der Waals surface area contributed by atoms with Crippen molar-refractivity contribution >= 4 is 11.6 Å². The Morgan fingerprint density at radius 3 is 2.80 bits per heavy atom. The van der Waals surface area contributed by atoms with Crippen LogP contribution in [0.4, 0.5) is 0 Å². The number of phenols is 1. The summed E-state index contributed by atoms with van der Waals surface area (Å²) < 4.78 is 5.11. The van der Waals surface area contributed by atoms with Gasteiger partial charge >= 0.3 is 0 Å². The number of aryl methyl sites for hydroxylation is 1. The molecule has 0 unspecified atom stereocenters. The fraction of sp³-hybridized carbons (Fsp3) is 0.333. The normalized spacial score (nSPS) is 13.9. The SMILES string of the molecule is COc1cc(-c2nc(Cl)c3c(n2)CCCC3)ccc1O. The molecule has 1 aliphatic rings. The molecule has 20 heavy (non-hydrogen) atoms. The van der Waals surface area contributed by atoms with Crippen LogP contribution < -0.4 is 4.74 Å². The van der Waals surface area contributed by atoms with Gasteiger partial charge in [0.25, 0.3) is 0 Å². The summed E-state index contributed by atoms with van der Waals surface area (Å²) in [5.74, 6) is 1.08. The fourth-order valence-corrected chi connectivity index (χ4v) is 2.78. The molecule has 1 heterocycles. The van der Waals surface area contributed by atoms with Crippen molar-refractivity contribution in [3.63, 3.8) is 0 Å². The van der Waals surface area contributed by atoms with E-state index in [1.165, 1.54) is 7.11 Å². The van der Waals surface area contributed by atoms with Gasteiger partial charge in [0.2, 0.25) is 0 Å². The predicted octanol–water partition coefficient (Wildman–Crippen LogP) is 3.39. The van der Waals surface area contributed by atoms with Gasteiger partial charge in [0, 0.05) is 16.8 Å². The number of fused-ring (bicyclic) bond motifs is 1. The van der Waals surface area contributed by atoms with E-state index in [0.29, 0.717) is 16.7 Å². The van der Waals surface area contributed by atoms with Crippen LogP contribution in [0.25, 0.3) is 11.4 Å². The zero-order chi connectivity index (χ0) is 14.1. The van der Waals surface area contributed by atoms with Crippen LogP contribution in [0.15, 0.2) is 18.2 Å². The lowest BCUT2D eigenvalue weighted by atomic mass is 9.97. The van der Waals surface area contributed by atoms with E-state index < -0.39 is 0 Å². The minimum atomic E-state index is 0.0975. The number of benzene rings is 1. The summed E-state index contributed by atoms with van der Waals surface area (Å²) in [5.41, 5.74) is 2.90. The van der Waals surface area contributed by atoms with Crippen LogP contribution in [0.1, 0.15) is 24.1 Å². The second-order valence-electron chi connectivity index (χ2n) is 4.86. The first kappa shape index (κ1) is 13.2. The summed E-state index contributed by atoms with van der Waals surface area (Å²) in [4.78, 5) is 9.00. The number of halogens is 1. The number of methoxy groups -OCH3 is 1. The zero-order valence-corrected chi connectivity index (χ0v) is 11.9. The van der Waals surface area contributed by atoms with Crippen LogP contribution >= 0.6 is 11.6 Å². The molecular weight excluding hydrogens is 276 g/mol. The lowest BCUT2D eigenvalue weighted by Gasteiger charge is -2.16. The van der Waals surface area contributed by atoms with Crippen molar-refractivity contribution in [2.45, 2.75) is 25.7 Å². The maximum Gasteiger partial charge on any atom is 0.161 e. The second-order valence-corrected chi connectivity index (χ2v) is 5.22. The van der Waals surface area contributed by atoms with Gasteiger partial charge in [-0.2, -0.15) is 0 Å². The fourth-order valence-electron chi connectivity index (χ4n) is 2.49. The summed E-state index contributed by atoms with van der Waals surface area (Å²) >= 11 is 6.27. The molecule has 0 fully saturated rings. The highest BCUT2D eigenvalue weighted by atomic mass is 35.5. The van der Waals surface area contributed by atoms with Crippen molar-refractivity contribution in [2.75, 3.05) is 7.11 Å². The Labute approximate surface area is 122 Å². The largest absolute Gasteiger partial charge is 0.504 e. The third-order valence-corrected chi connectivity index (χ3v) is 3.88. The molecule has 3 rings (SSSR count). The van der Waals surface area contributed by atoms with Crippen LogP contribution in [0.5, 0.6) is 11.5 Å². The third-order valence-electron chi connectivity index (χ3n) is 3.57. The highest BCUT2D eigenvalue weighted by molar-refractivity contribution is 6.30. The van der Waals surface area contributed by atoms with E-state index in [1.807, 2.05) is 0 Å². The molecule has 1 aromatic carbocycles. The first-order chi connectivity index (χ1) is 9.69. The number of ether oxygens (including phenoxy) is 1. The lowest BCUT2D eigenvalue weighted by Crippen LogP contribution is -2.08. The first-order valence-electron chi connectivity index (χ1n) is 6.61. The minimum Gasteiger partial charge on any atom is -0.504 e. The van der Waals surface area contributed by atoms with E-state index in [1.54, 1.807) is 18.2 Å². The van der Waals surface area contributed by atoms with Gasteiger partial charge in [-0.3, -0.25) is 0 Å². The molecule has 0 spiro atoms. The number of hydrogen-bond donors (Lipinski definition) is 1. The van der Waals surface area contributed by atoms with Crippen LogP contribution in [0.2, 0.25) is 5.15 Å². The summed E-state index contributed by atoms with van der Waals surface area (Å²) in [6.07, 6.45) is 4.17. The number of rotatable bonds is 2. The maximum atomic E-state index is 9.64. The molecular formula is C15H15ClN2O2. The molecule has 0 saturated heterocycles. The van der Waals surface area contributed by atoms with Gasteiger partial charge in [-0.05, 0) is 43.9 Å². The number of aromatic hydroxyl groups is 1. The van der Waals surface area contributed by atoms with E-state index >= 15 is 0 Å². The molecule has 2 aromatic rings. The average molecular weight is 291 g/mol. The zero-order valence-electron chi connectivity index (χ0n) is 11.2. The Balaban J connectivity index is 2.08. The Bertz CT molecular complexity index is 659. The Hall–Kier alpha value is -1.81. The van der Waals surface area contributed by atoms with Crippen LogP contribution in [0.3, 0.4) is 0 Å². The predicted molar refractivity (Wildman–Crippen MR) is 77.3 cm³/mol. The number of phenolic OH excluding ortho intramolecular Hbond substituents is 1. The second kappa shape index (κ2) is 5.29. The Kier molecular flexibility index (Phi) is 3.49. The molecule has 1 aromatic heterocycles. The monoisotopic (exact) mass is 290 g/mol. The Morgan fingerprint density at radius 1 is 1.20 bits per heavy atom. The quantitative estimate of drug-likeness (QED) is 0.861. The number of aromatic nitrogens is 2. The van der Waals surface area contributed by atoms with E-state index in [2.05, 4.69) is 9.97 Å². The first-order valence-corrected chi connectivity index (χ1v) is 6.99. The van der Waals surface area contributed by atoms with Gasteiger partial charge in [-0.25, -0.2) is 9.97 Å². The molecule has 104 valence electrons. The van der Waals surface area contributed by atoms with E-state index in [9.17, 15) is 5.11 Å². The molecule has 4 nitrogen and oxygen atoms in total. The summed E-state index contributed by atoms with van der Waals surface area (Å²) in [6.45, 7) is 0. The summed E-state index contributed by atoms with van der Waals surface area (Å²) in [6, 6.07) is 5.06. The van der Waals surface area contributed by atoms with E-state index in [0.717, 1.165) is 42.5 Å². The molecule has 5 heteroatoms. The highest BCUT2D eigenvalue weighted by Crippen LogP contribution is 2.32. The molecule has 0 radical (unpaired) electrons. The van der Waals surface area contributed by atoms with Crippen molar-refractivity contribution in [3.05, 3.63) is 34.6 Å². The van der Waals surface area contributed by atoms with Crippen molar-refractivity contribution in [1.82, 2.24) is 9.97 Å². The van der Waals surface area contributed by atoms with Crippen LogP contribution in [-0.2, 0) is 12.8 Å². The van der Waals surface area contributed by atoms with Gasteiger partial charge in [0.1, 0.15) is 5.15 Å². The summed E-state index contributed by atoms with van der Waals surface area (Å²) in [5, 5.41) is 10.2. The molecule has 0 atom stereocenters. The number of hydrogen-bond acceptors (Lipinski definition) is 4. The topological polar surface area (TPSA) is 55.2 Å². The van der Waals surface area contributed by atoms with Crippen molar-refractivity contribution in [3.8, 4) is 22.9 Å². The molecule has 1 N–H and O–H groups in total. The van der Waals surface area contributed by atoms with Gasteiger partial charge in [0.05, 0.1) is 7.11 Å². The molecule has 0 amide bonds.